The maximum atomic E-state index is 12.5. The minimum atomic E-state index is -0.325. The number of aromatic nitrogens is 1. The number of ether oxygens (including phenoxy) is 1. The van der Waals surface area contributed by atoms with Gasteiger partial charge in [0.15, 0.2) is 0 Å². The fraction of sp³-hybridized carbons (Fsp3) is 0.263. The monoisotopic (exact) mass is 403 g/mol. The highest BCUT2D eigenvalue weighted by Crippen LogP contribution is 2.24. The first kappa shape index (κ1) is 21.2. The van der Waals surface area contributed by atoms with E-state index in [1.807, 2.05) is 24.3 Å². The van der Waals surface area contributed by atoms with E-state index in [4.69, 9.17) is 11.1 Å². The number of benzene rings is 1. The van der Waals surface area contributed by atoms with Crippen LogP contribution in [0.1, 0.15) is 12.0 Å². The highest BCUT2D eigenvalue weighted by atomic mass is 35.5. The number of esters is 1. The van der Waals surface area contributed by atoms with Crippen molar-refractivity contribution in [1.29, 1.82) is 5.41 Å². The number of hydrogen-bond donors (Lipinski definition) is 2. The third-order valence-electron chi connectivity index (χ3n) is 4.46. The Morgan fingerprint density at radius 1 is 1.21 bits per heavy atom. The van der Waals surface area contributed by atoms with Crippen molar-refractivity contribution in [2.75, 3.05) is 31.6 Å². The minimum absolute atomic E-state index is 0. The average Bonchev–Trinajstić information content (AvgIpc) is 3.06. The van der Waals surface area contributed by atoms with E-state index in [9.17, 15) is 9.59 Å². The number of nitrogen functional groups attached to an aromatic ring is 1. The molecule has 1 fully saturated rings. The SMILES string of the molecule is COC(=O)CCN1CCN(c2ccc(-c3ccc(C(=N)N)cn3)cc2)C1=O.Cl. The van der Waals surface area contributed by atoms with Crippen molar-refractivity contribution in [3.05, 3.63) is 48.2 Å². The van der Waals surface area contributed by atoms with Gasteiger partial charge in [0.2, 0.25) is 0 Å². The zero-order valence-corrected chi connectivity index (χ0v) is 16.2. The molecule has 0 spiro atoms. The normalized spacial score (nSPS) is 13.2. The van der Waals surface area contributed by atoms with Gasteiger partial charge in [0.05, 0.1) is 19.2 Å². The van der Waals surface area contributed by atoms with Gasteiger partial charge in [-0.15, -0.1) is 12.4 Å². The summed E-state index contributed by atoms with van der Waals surface area (Å²) in [5.41, 5.74) is 8.48. The standard InChI is InChI=1S/C19H21N5O3.ClH/c1-27-17(25)8-9-23-10-11-24(19(23)26)15-5-2-13(3-6-15)16-7-4-14(12-22-16)18(20)21;/h2-7,12H,8-11H2,1H3,(H3,20,21);1H. The number of methoxy groups -OCH3 is 1. The molecule has 3 N–H and O–H groups in total. The first-order valence-corrected chi connectivity index (χ1v) is 8.53. The van der Waals surface area contributed by atoms with Crippen LogP contribution in [-0.4, -0.2) is 54.5 Å². The average molecular weight is 404 g/mol. The molecule has 0 unspecified atom stereocenters. The summed E-state index contributed by atoms with van der Waals surface area (Å²) in [6.45, 7) is 1.50. The maximum absolute atomic E-state index is 12.5. The molecular formula is C19H22ClN5O3. The van der Waals surface area contributed by atoms with Crippen molar-refractivity contribution in [1.82, 2.24) is 9.88 Å². The number of nitrogens with one attached hydrogen (secondary N) is 1. The molecule has 28 heavy (non-hydrogen) atoms. The van der Waals surface area contributed by atoms with Crippen LogP contribution in [-0.2, 0) is 9.53 Å². The second-order valence-electron chi connectivity index (χ2n) is 6.14. The van der Waals surface area contributed by atoms with Gasteiger partial charge in [0.25, 0.3) is 0 Å². The molecule has 1 aromatic carbocycles. The summed E-state index contributed by atoms with van der Waals surface area (Å²) in [6.07, 6.45) is 1.76. The number of anilines is 1. The fourth-order valence-electron chi connectivity index (χ4n) is 2.89. The lowest BCUT2D eigenvalue weighted by molar-refractivity contribution is -0.140. The van der Waals surface area contributed by atoms with E-state index in [1.165, 1.54) is 7.11 Å². The molecule has 1 saturated heterocycles. The fourth-order valence-corrected chi connectivity index (χ4v) is 2.89. The summed E-state index contributed by atoms with van der Waals surface area (Å²) in [4.78, 5) is 31.4. The molecule has 0 saturated carbocycles. The lowest BCUT2D eigenvalue weighted by Crippen LogP contribution is -2.33. The summed E-state index contributed by atoms with van der Waals surface area (Å²) in [5, 5.41) is 7.40. The molecule has 1 aromatic heterocycles. The Hall–Kier alpha value is -3.13. The molecule has 2 amide bonds. The van der Waals surface area contributed by atoms with Gasteiger partial charge in [-0.3, -0.25) is 20.1 Å². The van der Waals surface area contributed by atoms with E-state index >= 15 is 0 Å². The molecule has 2 aromatic rings. The number of amides is 2. The highest BCUT2D eigenvalue weighted by Gasteiger charge is 2.29. The van der Waals surface area contributed by atoms with Crippen LogP contribution in [0.2, 0.25) is 0 Å². The molecule has 0 atom stereocenters. The third-order valence-corrected chi connectivity index (χ3v) is 4.46. The van der Waals surface area contributed by atoms with Crippen molar-refractivity contribution in [2.24, 2.45) is 5.73 Å². The summed E-state index contributed by atoms with van der Waals surface area (Å²) >= 11 is 0. The molecule has 9 heteroatoms. The number of nitrogens with two attached hydrogens (primary N) is 1. The Bertz CT molecular complexity index is 855. The van der Waals surface area contributed by atoms with E-state index in [0.717, 1.165) is 16.9 Å². The Kier molecular flexibility index (Phi) is 6.94. The number of pyridine rings is 1. The van der Waals surface area contributed by atoms with Crippen molar-refractivity contribution >= 4 is 35.9 Å². The van der Waals surface area contributed by atoms with Gasteiger partial charge >= 0.3 is 12.0 Å². The van der Waals surface area contributed by atoms with E-state index < -0.39 is 0 Å². The first-order valence-electron chi connectivity index (χ1n) is 8.53. The second kappa shape index (κ2) is 9.18. The molecule has 3 rings (SSSR count). The number of hydrogen-bond acceptors (Lipinski definition) is 5. The largest absolute Gasteiger partial charge is 0.469 e. The zero-order chi connectivity index (χ0) is 19.4. The Morgan fingerprint density at radius 2 is 1.93 bits per heavy atom. The number of carbonyl (C=O) groups excluding carboxylic acids is 2. The maximum Gasteiger partial charge on any atom is 0.324 e. The van der Waals surface area contributed by atoms with Crippen molar-refractivity contribution < 1.29 is 14.3 Å². The molecule has 0 bridgehead atoms. The zero-order valence-electron chi connectivity index (χ0n) is 15.4. The van der Waals surface area contributed by atoms with E-state index in [-0.39, 0.29) is 36.7 Å². The van der Waals surface area contributed by atoms with Gasteiger partial charge in [-0.25, -0.2) is 4.79 Å². The summed E-state index contributed by atoms with van der Waals surface area (Å²) in [7, 11) is 1.34. The van der Waals surface area contributed by atoms with Crippen LogP contribution in [0, 0.1) is 5.41 Å². The summed E-state index contributed by atoms with van der Waals surface area (Å²) in [5.74, 6) is -0.345. The van der Waals surface area contributed by atoms with Crippen LogP contribution in [0.3, 0.4) is 0 Å². The second-order valence-corrected chi connectivity index (χ2v) is 6.14. The van der Waals surface area contributed by atoms with Gasteiger partial charge in [0.1, 0.15) is 5.84 Å². The van der Waals surface area contributed by atoms with Crippen LogP contribution in [0.5, 0.6) is 0 Å². The molecule has 148 valence electrons. The van der Waals surface area contributed by atoms with Crippen LogP contribution < -0.4 is 10.6 Å². The van der Waals surface area contributed by atoms with Crippen molar-refractivity contribution in [3.8, 4) is 11.3 Å². The lowest BCUT2D eigenvalue weighted by Gasteiger charge is -2.18. The molecule has 8 nitrogen and oxygen atoms in total. The van der Waals surface area contributed by atoms with Crippen molar-refractivity contribution in [2.45, 2.75) is 6.42 Å². The van der Waals surface area contributed by atoms with Crippen molar-refractivity contribution in [3.63, 3.8) is 0 Å². The summed E-state index contributed by atoms with van der Waals surface area (Å²) in [6, 6.07) is 11.0. The van der Waals surface area contributed by atoms with Gasteiger partial charge in [-0.1, -0.05) is 12.1 Å². The van der Waals surface area contributed by atoms with Gasteiger partial charge in [-0.2, -0.15) is 0 Å². The lowest BCUT2D eigenvalue weighted by atomic mass is 10.1. The number of urea groups is 1. The summed E-state index contributed by atoms with van der Waals surface area (Å²) < 4.78 is 4.62. The number of rotatable bonds is 6. The van der Waals surface area contributed by atoms with E-state index in [2.05, 4.69) is 9.72 Å². The van der Waals surface area contributed by atoms with Crippen LogP contribution in [0.25, 0.3) is 11.3 Å². The first-order chi connectivity index (χ1) is 13.0. The van der Waals surface area contributed by atoms with E-state index in [1.54, 1.807) is 28.1 Å². The van der Waals surface area contributed by atoms with Crippen LogP contribution in [0.15, 0.2) is 42.6 Å². The third kappa shape index (κ3) is 4.58. The molecule has 1 aliphatic rings. The quantitative estimate of drug-likeness (QED) is 0.436. The Labute approximate surface area is 169 Å². The minimum Gasteiger partial charge on any atom is -0.469 e. The van der Waals surface area contributed by atoms with Crippen LogP contribution in [0.4, 0.5) is 10.5 Å². The molecule has 0 radical (unpaired) electrons. The number of carbonyl (C=O) groups is 2. The van der Waals surface area contributed by atoms with Gasteiger partial charge in [-0.05, 0) is 24.3 Å². The Morgan fingerprint density at radius 3 is 2.50 bits per heavy atom. The highest BCUT2D eigenvalue weighted by molar-refractivity contribution is 5.95. The topological polar surface area (TPSA) is 113 Å². The van der Waals surface area contributed by atoms with Gasteiger partial charge in [0, 0.05) is 42.6 Å². The predicted molar refractivity (Wildman–Crippen MR) is 109 cm³/mol. The number of nitrogens with zero attached hydrogens (tertiary/aromatic N) is 3. The molecule has 1 aliphatic heterocycles. The van der Waals surface area contributed by atoms with Gasteiger partial charge < -0.3 is 15.4 Å². The number of amidine groups is 1. The smallest absolute Gasteiger partial charge is 0.324 e. The van der Waals surface area contributed by atoms with Crippen LogP contribution >= 0.6 is 12.4 Å². The molecule has 0 aliphatic carbocycles. The number of halogens is 1. The molecule has 2 heterocycles. The van der Waals surface area contributed by atoms with E-state index in [0.29, 0.717) is 25.2 Å². The predicted octanol–water partition coefficient (Wildman–Crippen LogP) is 2.26. The molecular weight excluding hydrogens is 382 g/mol. The Balaban J connectivity index is 0.00000280.